The first kappa shape index (κ1) is 20.7. The van der Waals surface area contributed by atoms with E-state index in [4.69, 9.17) is 4.42 Å². The largest absolute Gasteiger partial charge is 0.456 e. The molecule has 0 radical (unpaired) electrons. The Morgan fingerprint density at radius 1 is 1.23 bits per heavy atom. The highest BCUT2D eigenvalue weighted by molar-refractivity contribution is 5.91. The summed E-state index contributed by atoms with van der Waals surface area (Å²) in [5.74, 6) is 1.08. The van der Waals surface area contributed by atoms with Crippen molar-refractivity contribution in [3.05, 3.63) is 45.8 Å². The number of carbonyl (C=O) groups is 1. The van der Waals surface area contributed by atoms with E-state index in [-0.39, 0.29) is 23.6 Å². The third-order valence-corrected chi connectivity index (χ3v) is 6.22. The van der Waals surface area contributed by atoms with Gasteiger partial charge in [0.15, 0.2) is 5.76 Å². The number of aliphatic hydroxyl groups is 1. The van der Waals surface area contributed by atoms with Gasteiger partial charge in [0.2, 0.25) is 0 Å². The molecule has 8 nitrogen and oxygen atoms in total. The first-order chi connectivity index (χ1) is 14.5. The van der Waals surface area contributed by atoms with E-state index in [1.165, 1.54) is 4.68 Å². The number of hydrogen-bond acceptors (Lipinski definition) is 6. The molecular formula is C22H30N4O4. The molecule has 1 atom stereocenters. The van der Waals surface area contributed by atoms with Gasteiger partial charge in [-0.15, -0.1) is 0 Å². The molecule has 4 heterocycles. The molecule has 2 fully saturated rings. The second-order valence-corrected chi connectivity index (χ2v) is 8.33. The van der Waals surface area contributed by atoms with Crippen molar-refractivity contribution in [3.63, 3.8) is 0 Å². The highest BCUT2D eigenvalue weighted by atomic mass is 16.4. The van der Waals surface area contributed by atoms with Crippen LogP contribution in [0.4, 0.5) is 5.69 Å². The molecule has 4 rings (SSSR count). The highest BCUT2D eigenvalue weighted by Gasteiger charge is 2.29. The van der Waals surface area contributed by atoms with Crippen LogP contribution in [0.15, 0.2) is 27.5 Å². The van der Waals surface area contributed by atoms with Gasteiger partial charge in [0, 0.05) is 38.7 Å². The summed E-state index contributed by atoms with van der Waals surface area (Å²) in [4.78, 5) is 29.6. The van der Waals surface area contributed by atoms with Crippen molar-refractivity contribution >= 4 is 11.6 Å². The van der Waals surface area contributed by atoms with Crippen LogP contribution in [0.25, 0.3) is 0 Å². The Balaban J connectivity index is 1.47. The number of amides is 1. The standard InChI is InChI=1S/C22H30N4O4/c1-3-19-15(2)11-20(30-19)22(29)25-8-4-5-16(14-25)26-21(28)12-17(13-23-26)24-9-6-18(27)7-10-24/h11-13,16,18,27H,3-10,14H2,1-2H3. The molecule has 2 aromatic heterocycles. The molecule has 0 aliphatic carbocycles. The lowest BCUT2D eigenvalue weighted by molar-refractivity contribution is 0.0636. The number of nitrogens with zero attached hydrogens (tertiary/aromatic N) is 4. The maximum absolute atomic E-state index is 12.9. The van der Waals surface area contributed by atoms with E-state index in [1.54, 1.807) is 23.2 Å². The second-order valence-electron chi connectivity index (χ2n) is 8.33. The van der Waals surface area contributed by atoms with Crippen LogP contribution >= 0.6 is 0 Å². The van der Waals surface area contributed by atoms with Crippen LogP contribution in [0.5, 0.6) is 0 Å². The van der Waals surface area contributed by atoms with Crippen LogP contribution in [0, 0.1) is 6.92 Å². The average molecular weight is 415 g/mol. The van der Waals surface area contributed by atoms with E-state index >= 15 is 0 Å². The number of carbonyl (C=O) groups excluding carboxylic acids is 1. The van der Waals surface area contributed by atoms with Crippen LogP contribution < -0.4 is 10.5 Å². The van der Waals surface area contributed by atoms with Crippen LogP contribution in [-0.4, -0.2) is 58.0 Å². The van der Waals surface area contributed by atoms with Crippen molar-refractivity contribution < 1.29 is 14.3 Å². The fraction of sp³-hybridized carbons (Fsp3) is 0.591. The first-order valence-corrected chi connectivity index (χ1v) is 10.9. The number of hydrogen-bond donors (Lipinski definition) is 1. The number of piperidine rings is 2. The van der Waals surface area contributed by atoms with Gasteiger partial charge in [-0.2, -0.15) is 5.10 Å². The van der Waals surface area contributed by atoms with E-state index in [2.05, 4.69) is 10.00 Å². The molecule has 1 unspecified atom stereocenters. The number of likely N-dealkylation sites (tertiary alicyclic amines) is 1. The van der Waals surface area contributed by atoms with Gasteiger partial charge < -0.3 is 19.3 Å². The Morgan fingerprint density at radius 2 is 2.00 bits per heavy atom. The van der Waals surface area contributed by atoms with E-state index in [0.717, 1.165) is 49.4 Å². The molecule has 30 heavy (non-hydrogen) atoms. The van der Waals surface area contributed by atoms with Crippen molar-refractivity contribution in [2.45, 2.75) is 58.1 Å². The Bertz CT molecular complexity index is 958. The summed E-state index contributed by atoms with van der Waals surface area (Å²) in [7, 11) is 0. The van der Waals surface area contributed by atoms with E-state index in [9.17, 15) is 14.7 Å². The van der Waals surface area contributed by atoms with Gasteiger partial charge in [-0.3, -0.25) is 9.59 Å². The summed E-state index contributed by atoms with van der Waals surface area (Å²) >= 11 is 0. The zero-order chi connectivity index (χ0) is 21.3. The third-order valence-electron chi connectivity index (χ3n) is 6.22. The number of anilines is 1. The predicted octanol–water partition coefficient (Wildman–Crippen LogP) is 2.15. The fourth-order valence-electron chi connectivity index (χ4n) is 4.45. The SMILES string of the molecule is CCc1oc(C(=O)N2CCCC(n3ncc(N4CCC(O)CC4)cc3=O)C2)cc1C. The normalized spacial score (nSPS) is 20.6. The topological polar surface area (TPSA) is 91.8 Å². The maximum Gasteiger partial charge on any atom is 0.289 e. The lowest BCUT2D eigenvalue weighted by atomic mass is 10.1. The van der Waals surface area contributed by atoms with Crippen molar-refractivity contribution in [1.82, 2.24) is 14.7 Å². The van der Waals surface area contributed by atoms with E-state index in [1.807, 2.05) is 13.8 Å². The lowest BCUT2D eigenvalue weighted by Gasteiger charge is -2.33. The summed E-state index contributed by atoms with van der Waals surface area (Å²) in [5, 5.41) is 14.1. The fourth-order valence-corrected chi connectivity index (χ4v) is 4.45. The Hall–Kier alpha value is -2.61. The number of aryl methyl sites for hydroxylation is 2. The van der Waals surface area contributed by atoms with Crippen LogP contribution in [0.3, 0.4) is 0 Å². The molecule has 0 bridgehead atoms. The number of aromatic nitrogens is 2. The molecule has 0 saturated carbocycles. The van der Waals surface area contributed by atoms with Crippen LogP contribution in [0.2, 0.25) is 0 Å². The van der Waals surface area contributed by atoms with Gasteiger partial charge in [-0.1, -0.05) is 6.92 Å². The number of rotatable bonds is 4. The number of furan rings is 1. The Morgan fingerprint density at radius 3 is 2.67 bits per heavy atom. The van der Waals surface area contributed by atoms with Crippen molar-refractivity contribution in [2.75, 3.05) is 31.1 Å². The molecule has 8 heteroatoms. The van der Waals surface area contributed by atoms with Gasteiger partial charge in [0.25, 0.3) is 11.5 Å². The van der Waals surface area contributed by atoms with Gasteiger partial charge in [0.1, 0.15) is 5.76 Å². The summed E-state index contributed by atoms with van der Waals surface area (Å²) in [6, 6.07) is 3.28. The van der Waals surface area contributed by atoms with Crippen LogP contribution in [-0.2, 0) is 6.42 Å². The van der Waals surface area contributed by atoms with Gasteiger partial charge in [0.05, 0.1) is 24.0 Å². The molecule has 0 aromatic carbocycles. The minimum absolute atomic E-state index is 0.126. The summed E-state index contributed by atoms with van der Waals surface area (Å²) in [6.45, 7) is 6.50. The lowest BCUT2D eigenvalue weighted by Crippen LogP contribution is -2.43. The smallest absolute Gasteiger partial charge is 0.289 e. The third kappa shape index (κ3) is 4.14. The molecule has 1 N–H and O–H groups in total. The zero-order valence-electron chi connectivity index (χ0n) is 17.7. The van der Waals surface area contributed by atoms with Gasteiger partial charge >= 0.3 is 0 Å². The molecule has 0 spiro atoms. The monoisotopic (exact) mass is 414 g/mol. The number of aliphatic hydroxyl groups excluding tert-OH is 1. The predicted molar refractivity (Wildman–Crippen MR) is 113 cm³/mol. The summed E-state index contributed by atoms with van der Waals surface area (Å²) < 4.78 is 7.24. The summed E-state index contributed by atoms with van der Waals surface area (Å²) in [6.07, 6.45) is 5.25. The highest BCUT2D eigenvalue weighted by Crippen LogP contribution is 2.24. The quantitative estimate of drug-likeness (QED) is 0.824. The van der Waals surface area contributed by atoms with E-state index < -0.39 is 0 Å². The molecule has 162 valence electrons. The molecule has 2 aliphatic rings. The van der Waals surface area contributed by atoms with Gasteiger partial charge in [-0.25, -0.2) is 4.68 Å². The maximum atomic E-state index is 12.9. The van der Waals surface area contributed by atoms with Crippen molar-refractivity contribution in [1.29, 1.82) is 0 Å². The first-order valence-electron chi connectivity index (χ1n) is 10.9. The molecular weight excluding hydrogens is 384 g/mol. The second kappa shape index (κ2) is 8.63. The molecule has 2 aromatic rings. The molecule has 1 amide bonds. The van der Waals surface area contributed by atoms with Crippen molar-refractivity contribution in [2.24, 2.45) is 0 Å². The minimum Gasteiger partial charge on any atom is -0.456 e. The average Bonchev–Trinajstić information content (AvgIpc) is 3.14. The Kier molecular flexibility index (Phi) is 5.94. The Labute approximate surface area is 176 Å². The zero-order valence-corrected chi connectivity index (χ0v) is 17.7. The van der Waals surface area contributed by atoms with E-state index in [0.29, 0.717) is 31.7 Å². The molecule has 2 aliphatic heterocycles. The van der Waals surface area contributed by atoms with Crippen LogP contribution in [0.1, 0.15) is 60.5 Å². The molecule has 2 saturated heterocycles. The van der Waals surface area contributed by atoms with Gasteiger partial charge in [-0.05, 0) is 44.2 Å². The minimum atomic E-state index is -0.258. The summed E-state index contributed by atoms with van der Waals surface area (Å²) in [5.41, 5.74) is 1.64. The van der Waals surface area contributed by atoms with Crippen molar-refractivity contribution in [3.8, 4) is 0 Å².